The Bertz CT molecular complexity index is 280. The zero-order valence-corrected chi connectivity index (χ0v) is 7.24. The van der Waals surface area contributed by atoms with E-state index in [1.54, 1.807) is 10.9 Å². The lowest BCUT2D eigenvalue weighted by atomic mass is 10.4. The number of rotatable bonds is 4. The van der Waals surface area contributed by atoms with Crippen molar-refractivity contribution in [1.82, 2.24) is 9.78 Å². The molecule has 12 heavy (non-hydrogen) atoms. The van der Waals surface area contributed by atoms with Crippen LogP contribution >= 0.6 is 11.6 Å². The van der Waals surface area contributed by atoms with Crippen molar-refractivity contribution in [3.05, 3.63) is 30.1 Å². The average Bonchev–Trinajstić information content (AvgIpc) is 2.53. The van der Waals surface area contributed by atoms with Gasteiger partial charge in [0.2, 0.25) is 0 Å². The summed E-state index contributed by atoms with van der Waals surface area (Å²) in [6.45, 7) is 0.653. The predicted octanol–water partition coefficient (Wildman–Crippen LogP) is 1.49. The van der Waals surface area contributed by atoms with Gasteiger partial charge in [0.15, 0.2) is 6.29 Å². The molecule has 1 aromatic rings. The van der Waals surface area contributed by atoms with Crippen LogP contribution in [0.1, 0.15) is 10.4 Å². The number of halogens is 1. The summed E-state index contributed by atoms with van der Waals surface area (Å²) in [5, 5.41) is 3.95. The van der Waals surface area contributed by atoms with E-state index in [0.29, 0.717) is 18.0 Å². The molecular weight excluding hydrogens is 176 g/mol. The number of hydrogen-bond acceptors (Lipinski definition) is 2. The van der Waals surface area contributed by atoms with Crippen LogP contribution in [0.2, 0.25) is 0 Å². The van der Waals surface area contributed by atoms with E-state index >= 15 is 0 Å². The Morgan fingerprint density at radius 3 is 3.00 bits per heavy atom. The van der Waals surface area contributed by atoms with Gasteiger partial charge in [-0.25, -0.2) is 0 Å². The lowest BCUT2D eigenvalue weighted by Crippen LogP contribution is -1.94. The molecule has 1 aromatic heterocycles. The van der Waals surface area contributed by atoms with Crippen molar-refractivity contribution in [2.24, 2.45) is 0 Å². The van der Waals surface area contributed by atoms with Crippen molar-refractivity contribution in [2.75, 3.05) is 5.88 Å². The number of carbonyl (C=O) groups is 1. The lowest BCUT2D eigenvalue weighted by molar-refractivity contribution is 0.112. The summed E-state index contributed by atoms with van der Waals surface area (Å²) >= 11 is 5.43. The zero-order chi connectivity index (χ0) is 8.81. The summed E-state index contributed by atoms with van der Waals surface area (Å²) < 4.78 is 1.67. The molecule has 1 heterocycles. The zero-order valence-electron chi connectivity index (χ0n) is 6.48. The number of aldehydes is 1. The summed E-state index contributed by atoms with van der Waals surface area (Å²) in [7, 11) is 0. The maximum Gasteiger partial charge on any atom is 0.153 e. The minimum atomic E-state index is 0.502. The van der Waals surface area contributed by atoms with Crippen molar-refractivity contribution in [3.8, 4) is 0 Å². The first-order valence-corrected chi connectivity index (χ1v) is 4.09. The molecule has 0 spiro atoms. The third-order valence-electron chi connectivity index (χ3n) is 1.34. The number of aromatic nitrogens is 2. The van der Waals surface area contributed by atoms with Crippen molar-refractivity contribution in [1.29, 1.82) is 0 Å². The van der Waals surface area contributed by atoms with Crippen LogP contribution in [0.25, 0.3) is 0 Å². The van der Waals surface area contributed by atoms with Gasteiger partial charge in [-0.05, 0) is 0 Å². The van der Waals surface area contributed by atoms with Gasteiger partial charge in [-0.3, -0.25) is 9.48 Å². The molecule has 64 valence electrons. The Hall–Kier alpha value is -1.09. The molecule has 0 bridgehead atoms. The molecule has 0 saturated carbocycles. The van der Waals surface area contributed by atoms with Gasteiger partial charge >= 0.3 is 0 Å². The van der Waals surface area contributed by atoms with Crippen molar-refractivity contribution < 1.29 is 4.79 Å². The van der Waals surface area contributed by atoms with E-state index < -0.39 is 0 Å². The number of alkyl halides is 1. The number of hydrogen-bond donors (Lipinski definition) is 0. The molecule has 0 radical (unpaired) electrons. The molecule has 0 aliphatic rings. The van der Waals surface area contributed by atoms with Crippen molar-refractivity contribution >= 4 is 17.9 Å². The summed E-state index contributed by atoms with van der Waals surface area (Å²) in [5.41, 5.74) is 0.592. The van der Waals surface area contributed by atoms with E-state index in [1.165, 1.54) is 6.20 Å². The van der Waals surface area contributed by atoms with E-state index in [4.69, 9.17) is 11.6 Å². The Kier molecular flexibility index (Phi) is 3.54. The van der Waals surface area contributed by atoms with Crippen LogP contribution < -0.4 is 0 Å². The highest BCUT2D eigenvalue weighted by Gasteiger charge is 1.92. The van der Waals surface area contributed by atoms with E-state index in [9.17, 15) is 4.79 Å². The normalized spacial score (nSPS) is 10.8. The molecule has 0 fully saturated rings. The van der Waals surface area contributed by atoms with Gasteiger partial charge in [0, 0.05) is 12.1 Å². The van der Waals surface area contributed by atoms with Gasteiger partial charge in [-0.1, -0.05) is 12.2 Å². The average molecular weight is 185 g/mol. The van der Waals surface area contributed by atoms with Crippen molar-refractivity contribution in [3.63, 3.8) is 0 Å². The van der Waals surface area contributed by atoms with Crippen LogP contribution in [0, 0.1) is 0 Å². The quantitative estimate of drug-likeness (QED) is 0.404. The monoisotopic (exact) mass is 184 g/mol. The maximum atomic E-state index is 10.3. The Balaban J connectivity index is 2.52. The standard InChI is InChI=1S/C8H9ClN2O/c9-3-1-2-4-11-6-8(7-12)5-10-11/h1-2,5-7H,3-4H2. The minimum Gasteiger partial charge on any atom is -0.298 e. The highest BCUT2D eigenvalue weighted by Crippen LogP contribution is 1.93. The fraction of sp³-hybridized carbons (Fsp3) is 0.250. The molecule has 0 N–H and O–H groups in total. The molecule has 0 aliphatic carbocycles. The third-order valence-corrected chi connectivity index (χ3v) is 1.52. The van der Waals surface area contributed by atoms with E-state index in [2.05, 4.69) is 5.10 Å². The highest BCUT2D eigenvalue weighted by atomic mass is 35.5. The molecule has 3 nitrogen and oxygen atoms in total. The molecule has 0 unspecified atom stereocenters. The molecular formula is C8H9ClN2O. The van der Waals surface area contributed by atoms with Gasteiger partial charge in [0.1, 0.15) is 0 Å². The number of nitrogens with zero attached hydrogens (tertiary/aromatic N) is 2. The Morgan fingerprint density at radius 1 is 1.58 bits per heavy atom. The van der Waals surface area contributed by atoms with E-state index in [0.717, 1.165) is 6.29 Å². The second kappa shape index (κ2) is 4.72. The SMILES string of the molecule is O=Cc1cnn(CC=CCCl)c1. The Morgan fingerprint density at radius 2 is 2.42 bits per heavy atom. The Labute approximate surface area is 75.6 Å². The fourth-order valence-corrected chi connectivity index (χ4v) is 0.912. The second-order valence-electron chi connectivity index (χ2n) is 2.24. The third kappa shape index (κ3) is 2.51. The molecule has 0 aromatic carbocycles. The lowest BCUT2D eigenvalue weighted by Gasteiger charge is -1.91. The number of allylic oxidation sites excluding steroid dienone is 2. The summed E-state index contributed by atoms with van der Waals surface area (Å²) in [5.74, 6) is 0.502. The topological polar surface area (TPSA) is 34.9 Å². The molecule has 0 aliphatic heterocycles. The van der Waals surface area contributed by atoms with Gasteiger partial charge in [-0.2, -0.15) is 5.10 Å². The van der Waals surface area contributed by atoms with Crippen LogP contribution in [-0.4, -0.2) is 21.9 Å². The van der Waals surface area contributed by atoms with Crippen molar-refractivity contribution in [2.45, 2.75) is 6.54 Å². The molecule has 0 amide bonds. The highest BCUT2D eigenvalue weighted by molar-refractivity contribution is 6.18. The van der Waals surface area contributed by atoms with Gasteiger partial charge in [-0.15, -0.1) is 11.6 Å². The van der Waals surface area contributed by atoms with Crippen LogP contribution in [-0.2, 0) is 6.54 Å². The van der Waals surface area contributed by atoms with Crippen LogP contribution in [0.3, 0.4) is 0 Å². The predicted molar refractivity (Wildman–Crippen MR) is 47.5 cm³/mol. The fourth-order valence-electron chi connectivity index (χ4n) is 0.786. The van der Waals surface area contributed by atoms with E-state index in [-0.39, 0.29) is 0 Å². The smallest absolute Gasteiger partial charge is 0.153 e. The first-order valence-electron chi connectivity index (χ1n) is 3.55. The summed E-state index contributed by atoms with van der Waals surface area (Å²) in [6.07, 6.45) is 7.72. The molecule has 0 atom stereocenters. The number of carbonyl (C=O) groups excluding carboxylic acids is 1. The van der Waals surface area contributed by atoms with Crippen LogP contribution in [0.5, 0.6) is 0 Å². The first kappa shape index (κ1) is 9.00. The van der Waals surface area contributed by atoms with Gasteiger partial charge in [0.05, 0.1) is 18.3 Å². The maximum absolute atomic E-state index is 10.3. The summed E-state index contributed by atoms with van der Waals surface area (Å²) in [6, 6.07) is 0. The molecule has 4 heteroatoms. The summed E-state index contributed by atoms with van der Waals surface area (Å²) in [4.78, 5) is 10.3. The molecule has 0 saturated heterocycles. The van der Waals surface area contributed by atoms with Gasteiger partial charge < -0.3 is 0 Å². The first-order chi connectivity index (χ1) is 5.86. The van der Waals surface area contributed by atoms with E-state index in [1.807, 2.05) is 12.2 Å². The van der Waals surface area contributed by atoms with Gasteiger partial charge in [0.25, 0.3) is 0 Å². The largest absolute Gasteiger partial charge is 0.298 e. The van der Waals surface area contributed by atoms with Crippen LogP contribution in [0.4, 0.5) is 0 Å². The second-order valence-corrected chi connectivity index (χ2v) is 2.55. The molecule has 1 rings (SSSR count). The van der Waals surface area contributed by atoms with Crippen LogP contribution in [0.15, 0.2) is 24.5 Å². The minimum absolute atomic E-state index is 0.502.